The summed E-state index contributed by atoms with van der Waals surface area (Å²) < 4.78 is 64.6. The molecule has 6 aromatic rings. The Hall–Kier alpha value is -4.14. The molecule has 0 saturated carbocycles. The smallest absolute Gasteiger partial charge is 0.408 e. The molecule has 0 bridgehead atoms. The van der Waals surface area contributed by atoms with E-state index in [0.29, 0.717) is 26.2 Å². The van der Waals surface area contributed by atoms with E-state index in [1.165, 1.54) is 30.9 Å². The average Bonchev–Trinajstić information content (AvgIpc) is 3.72. The second-order valence-electron chi connectivity index (χ2n) is 10.3. The van der Waals surface area contributed by atoms with Crippen molar-refractivity contribution >= 4 is 66.0 Å². The average molecular weight is 735 g/mol. The highest BCUT2D eigenvalue weighted by Gasteiger charge is 2.30. The number of ether oxygens (including phenoxy) is 3. The summed E-state index contributed by atoms with van der Waals surface area (Å²) in [6.45, 7) is -1.40. The molecule has 0 aliphatic carbocycles. The quantitative estimate of drug-likeness (QED) is 0.133. The third-order valence-electron chi connectivity index (χ3n) is 7.19. The first-order valence-corrected chi connectivity index (χ1v) is 15.7. The van der Waals surface area contributed by atoms with Crippen LogP contribution < -0.4 is 9.47 Å². The van der Waals surface area contributed by atoms with Crippen LogP contribution in [-0.2, 0) is 36.2 Å². The zero-order valence-corrected chi connectivity index (χ0v) is 27.4. The van der Waals surface area contributed by atoms with E-state index >= 15 is 0 Å². The largest absolute Gasteiger partial charge is 0.487 e. The summed E-state index contributed by atoms with van der Waals surface area (Å²) in [4.78, 5) is 12.9. The van der Waals surface area contributed by atoms with Crippen LogP contribution in [0.15, 0.2) is 71.3 Å². The van der Waals surface area contributed by atoms with E-state index in [-0.39, 0.29) is 24.6 Å². The van der Waals surface area contributed by atoms with Gasteiger partial charge in [-0.2, -0.15) is 27.7 Å². The van der Waals surface area contributed by atoms with Crippen LogP contribution in [0.1, 0.15) is 11.3 Å². The summed E-state index contributed by atoms with van der Waals surface area (Å²) in [6, 6.07) is 17.8. The molecule has 0 radical (unpaired) electrons. The van der Waals surface area contributed by atoms with Crippen LogP contribution in [0.2, 0.25) is 5.02 Å². The molecule has 0 spiro atoms. The van der Waals surface area contributed by atoms with Gasteiger partial charge in [0.05, 0.1) is 28.4 Å². The summed E-state index contributed by atoms with van der Waals surface area (Å²) >= 11 is 11.1. The zero-order valence-electron chi connectivity index (χ0n) is 24.2. The number of carbonyl (C=O) groups is 1. The molecule has 1 atom stereocenters. The van der Waals surface area contributed by atoms with E-state index in [0.717, 1.165) is 31.5 Å². The van der Waals surface area contributed by atoms with Gasteiger partial charge in [0.2, 0.25) is 12.0 Å². The molecule has 238 valence electrons. The summed E-state index contributed by atoms with van der Waals surface area (Å²) in [5, 5.41) is 10.7. The van der Waals surface area contributed by atoms with E-state index in [1.54, 1.807) is 28.9 Å². The van der Waals surface area contributed by atoms with Crippen LogP contribution in [0.5, 0.6) is 11.6 Å². The molecule has 46 heavy (non-hydrogen) atoms. The van der Waals surface area contributed by atoms with Gasteiger partial charge in [0.25, 0.3) is 0 Å². The molecule has 0 fully saturated rings. The van der Waals surface area contributed by atoms with Gasteiger partial charge in [-0.25, -0.2) is 4.79 Å². The zero-order chi connectivity index (χ0) is 32.6. The summed E-state index contributed by atoms with van der Waals surface area (Å²) in [5.74, 6) is -0.0240. The maximum atomic E-state index is 12.9. The minimum absolute atomic E-state index is 0.0435. The predicted octanol–water partition coefficient (Wildman–Crippen LogP) is 7.77. The minimum Gasteiger partial charge on any atom is -0.487 e. The van der Waals surface area contributed by atoms with Crippen molar-refractivity contribution in [1.82, 2.24) is 23.9 Å². The fraction of sp³-hybridized carbons (Fsp3) is 0.226. The van der Waals surface area contributed by atoms with Gasteiger partial charge in [-0.15, -0.1) is 0 Å². The van der Waals surface area contributed by atoms with Crippen molar-refractivity contribution in [3.05, 3.63) is 87.6 Å². The number of fused-ring (bicyclic) bond motifs is 2. The molecule has 0 N–H and O–H groups in total. The Morgan fingerprint density at radius 2 is 1.93 bits per heavy atom. The van der Waals surface area contributed by atoms with Crippen LogP contribution in [0.4, 0.5) is 13.2 Å². The van der Waals surface area contributed by atoms with Crippen molar-refractivity contribution in [2.24, 2.45) is 7.05 Å². The van der Waals surface area contributed by atoms with Crippen molar-refractivity contribution in [3.8, 4) is 22.9 Å². The third-order valence-corrected chi connectivity index (χ3v) is 8.82. The number of aryl methyl sites for hydroxylation is 1. The first-order valence-electron chi connectivity index (χ1n) is 13.7. The Morgan fingerprint density at radius 1 is 1.13 bits per heavy atom. The van der Waals surface area contributed by atoms with Gasteiger partial charge < -0.3 is 14.2 Å². The highest BCUT2D eigenvalue weighted by molar-refractivity contribution is 9.10. The number of hydrogen-bond acceptors (Lipinski definition) is 8. The highest BCUT2D eigenvalue weighted by Crippen LogP contribution is 2.40. The SMILES string of the molecule is COC(=O)[C@@H](Cc1ccccc1OCc1ccnn1CC(F)(F)F)Oc1nsc2cc(-c3nn(C)c4cc(Cl)ccc34)cc(Br)c12. The maximum absolute atomic E-state index is 12.9. The van der Waals surface area contributed by atoms with E-state index in [1.807, 2.05) is 37.4 Å². The molecule has 3 aromatic heterocycles. The number of benzene rings is 3. The predicted molar refractivity (Wildman–Crippen MR) is 171 cm³/mol. The molecular weight excluding hydrogens is 711 g/mol. The van der Waals surface area contributed by atoms with Crippen LogP contribution in [0, 0.1) is 0 Å². The van der Waals surface area contributed by atoms with Crippen LogP contribution >= 0.6 is 39.1 Å². The molecule has 3 aromatic carbocycles. The van der Waals surface area contributed by atoms with Crippen molar-refractivity contribution < 1.29 is 32.2 Å². The number of carbonyl (C=O) groups excluding carboxylic acids is 1. The Bertz CT molecular complexity index is 2060. The number of rotatable bonds is 10. The van der Waals surface area contributed by atoms with Gasteiger partial charge >= 0.3 is 12.1 Å². The maximum Gasteiger partial charge on any atom is 0.408 e. The first kappa shape index (κ1) is 31.8. The molecule has 0 aliphatic heterocycles. The van der Waals surface area contributed by atoms with Crippen molar-refractivity contribution in [2.75, 3.05) is 7.11 Å². The standard InChI is InChI=1S/C31H24BrClF3N5O4S/c1-40-23-14-19(33)7-8-21(23)28(38-40)18-11-22(32)27-26(13-18)46-39-29(27)45-25(30(42)43-2)12-17-5-3-4-6-24(17)44-15-20-9-10-37-41(20)16-31(34,35)36/h3-11,13-14,25H,12,15-16H2,1-2H3/t25-/m1/s1. The summed E-state index contributed by atoms with van der Waals surface area (Å²) in [5.41, 5.74) is 3.35. The number of aromatic nitrogens is 5. The fourth-order valence-electron chi connectivity index (χ4n) is 5.06. The van der Waals surface area contributed by atoms with E-state index in [9.17, 15) is 18.0 Å². The second kappa shape index (κ2) is 12.9. The van der Waals surface area contributed by atoms with E-state index < -0.39 is 24.8 Å². The van der Waals surface area contributed by atoms with Crippen LogP contribution in [0.3, 0.4) is 0 Å². The second-order valence-corrected chi connectivity index (χ2v) is 12.4. The lowest BCUT2D eigenvalue weighted by molar-refractivity contribution is -0.148. The lowest BCUT2D eigenvalue weighted by atomic mass is 10.1. The summed E-state index contributed by atoms with van der Waals surface area (Å²) in [6.07, 6.45) is -4.21. The van der Waals surface area contributed by atoms with E-state index in [4.69, 9.17) is 30.9 Å². The van der Waals surface area contributed by atoms with E-state index in [2.05, 4.69) is 25.4 Å². The van der Waals surface area contributed by atoms with Gasteiger partial charge in [-0.3, -0.25) is 9.36 Å². The molecule has 3 heterocycles. The monoisotopic (exact) mass is 733 g/mol. The number of para-hydroxylation sites is 1. The Labute approximate surface area is 277 Å². The normalized spacial score (nSPS) is 12.5. The molecular formula is C31H24BrClF3N5O4S. The molecule has 15 heteroatoms. The number of esters is 1. The number of alkyl halides is 3. The molecule has 0 saturated heterocycles. The van der Waals surface area contributed by atoms with Gasteiger partial charge in [0, 0.05) is 40.1 Å². The molecule has 9 nitrogen and oxygen atoms in total. The van der Waals surface area contributed by atoms with Gasteiger partial charge in [0.15, 0.2) is 0 Å². The number of methoxy groups -OCH3 is 1. The lowest BCUT2D eigenvalue weighted by Gasteiger charge is -2.18. The third kappa shape index (κ3) is 6.69. The van der Waals surface area contributed by atoms with Crippen molar-refractivity contribution in [2.45, 2.75) is 31.9 Å². The number of halogens is 5. The van der Waals surface area contributed by atoms with Gasteiger partial charge in [-0.05, 0) is 75.5 Å². The van der Waals surface area contributed by atoms with Gasteiger partial charge in [0.1, 0.15) is 24.6 Å². The number of hydrogen-bond donors (Lipinski definition) is 0. The van der Waals surface area contributed by atoms with Crippen molar-refractivity contribution in [1.29, 1.82) is 0 Å². The molecule has 0 unspecified atom stereocenters. The lowest BCUT2D eigenvalue weighted by Crippen LogP contribution is -2.31. The Kier molecular flexibility index (Phi) is 8.95. The molecule has 0 aliphatic rings. The van der Waals surface area contributed by atoms with Gasteiger partial charge in [-0.1, -0.05) is 29.8 Å². The Balaban J connectivity index is 1.25. The van der Waals surface area contributed by atoms with Crippen molar-refractivity contribution in [3.63, 3.8) is 0 Å². The van der Waals surface area contributed by atoms with Crippen LogP contribution in [0.25, 0.3) is 32.2 Å². The first-order chi connectivity index (χ1) is 22.0. The topological polar surface area (TPSA) is 93.3 Å². The highest BCUT2D eigenvalue weighted by atomic mass is 79.9. The Morgan fingerprint density at radius 3 is 2.72 bits per heavy atom. The molecule has 0 amide bonds. The minimum atomic E-state index is -4.43. The molecule has 6 rings (SSSR count). The van der Waals surface area contributed by atoms with Crippen LogP contribution in [-0.4, -0.2) is 49.3 Å². The summed E-state index contributed by atoms with van der Waals surface area (Å²) in [7, 11) is 3.11. The fourth-order valence-corrected chi connectivity index (χ4v) is 6.77. The number of nitrogens with zero attached hydrogens (tertiary/aromatic N) is 5.